The third kappa shape index (κ3) is 1.89. The Morgan fingerprint density at radius 3 is 2.75 bits per heavy atom. The van der Waals surface area contributed by atoms with Gasteiger partial charge in [-0.1, -0.05) is 6.92 Å². The summed E-state index contributed by atoms with van der Waals surface area (Å²) in [7, 11) is 2.64. The van der Waals surface area contributed by atoms with E-state index < -0.39 is 0 Å². The van der Waals surface area contributed by atoms with E-state index in [4.69, 9.17) is 0 Å². The summed E-state index contributed by atoms with van der Waals surface area (Å²) in [6.07, 6.45) is 1.71. The van der Waals surface area contributed by atoms with E-state index in [1.165, 1.54) is 0 Å². The normalized spacial score (nSPS) is 12.6. The van der Waals surface area contributed by atoms with E-state index in [-0.39, 0.29) is 11.4 Å². The second kappa shape index (κ2) is 3.77. The lowest BCUT2D eigenvalue weighted by molar-refractivity contribution is 0.101. The average Bonchev–Trinajstić information content (AvgIpc) is 2.04. The molecule has 0 spiro atoms. The standard InChI is InChI=1S/C9H12NOP/c1-6(11)8-4-3-5-10-9(8)7(2)12/h3-5,7H,12H2,1-2H3. The SMILES string of the molecule is CC(=O)c1cccnc1C(C)P. The second-order valence-corrected chi connectivity index (χ2v) is 3.78. The fourth-order valence-corrected chi connectivity index (χ4v) is 1.34. The predicted molar refractivity (Wildman–Crippen MR) is 52.4 cm³/mol. The van der Waals surface area contributed by atoms with Gasteiger partial charge in [-0.05, 0) is 19.1 Å². The third-order valence-corrected chi connectivity index (χ3v) is 1.96. The zero-order valence-electron chi connectivity index (χ0n) is 7.24. The Morgan fingerprint density at radius 1 is 1.67 bits per heavy atom. The van der Waals surface area contributed by atoms with Crippen LogP contribution in [0.15, 0.2) is 18.3 Å². The highest BCUT2D eigenvalue weighted by Gasteiger charge is 2.10. The molecular formula is C9H12NOP. The van der Waals surface area contributed by atoms with Gasteiger partial charge in [0.2, 0.25) is 0 Å². The second-order valence-electron chi connectivity index (χ2n) is 2.78. The number of hydrogen-bond donors (Lipinski definition) is 0. The monoisotopic (exact) mass is 181 g/mol. The Morgan fingerprint density at radius 2 is 2.33 bits per heavy atom. The summed E-state index contributed by atoms with van der Waals surface area (Å²) in [4.78, 5) is 15.3. The van der Waals surface area contributed by atoms with Crippen molar-refractivity contribution in [2.75, 3.05) is 0 Å². The molecule has 0 N–H and O–H groups in total. The Labute approximate surface area is 74.6 Å². The first-order valence-corrected chi connectivity index (χ1v) is 4.51. The molecule has 2 nitrogen and oxygen atoms in total. The summed E-state index contributed by atoms with van der Waals surface area (Å²) in [6.45, 7) is 3.56. The van der Waals surface area contributed by atoms with Gasteiger partial charge in [-0.2, -0.15) is 0 Å². The van der Waals surface area contributed by atoms with Crippen molar-refractivity contribution >= 4 is 15.0 Å². The van der Waals surface area contributed by atoms with E-state index in [0.717, 1.165) is 11.3 Å². The first kappa shape index (κ1) is 9.34. The molecule has 0 saturated carbocycles. The number of carbonyl (C=O) groups excluding carboxylic acids is 1. The van der Waals surface area contributed by atoms with E-state index in [1.54, 1.807) is 19.2 Å². The first-order valence-electron chi connectivity index (χ1n) is 3.84. The maximum Gasteiger partial charge on any atom is 0.161 e. The van der Waals surface area contributed by atoms with Crippen molar-refractivity contribution in [2.45, 2.75) is 19.5 Å². The average molecular weight is 181 g/mol. The molecule has 1 rings (SSSR count). The van der Waals surface area contributed by atoms with Crippen molar-refractivity contribution in [3.63, 3.8) is 0 Å². The minimum Gasteiger partial charge on any atom is -0.294 e. The molecule has 3 heteroatoms. The highest BCUT2D eigenvalue weighted by atomic mass is 31.0. The fourth-order valence-electron chi connectivity index (χ4n) is 1.08. The van der Waals surface area contributed by atoms with Gasteiger partial charge in [-0.3, -0.25) is 9.78 Å². The number of aromatic nitrogens is 1. The molecule has 0 fully saturated rings. The van der Waals surface area contributed by atoms with Crippen LogP contribution in [0.25, 0.3) is 0 Å². The van der Waals surface area contributed by atoms with Gasteiger partial charge in [0, 0.05) is 17.4 Å². The summed E-state index contributed by atoms with van der Waals surface area (Å²) < 4.78 is 0. The molecule has 0 aliphatic carbocycles. The van der Waals surface area contributed by atoms with Crippen LogP contribution in [0, 0.1) is 0 Å². The predicted octanol–water partition coefficient (Wildman–Crippen LogP) is 2.22. The molecule has 1 aromatic heterocycles. The maximum absolute atomic E-state index is 11.1. The maximum atomic E-state index is 11.1. The molecule has 2 unspecified atom stereocenters. The smallest absolute Gasteiger partial charge is 0.161 e. The fraction of sp³-hybridized carbons (Fsp3) is 0.333. The lowest BCUT2D eigenvalue weighted by Crippen LogP contribution is -2.01. The molecule has 0 aliphatic rings. The van der Waals surface area contributed by atoms with Gasteiger partial charge in [0.25, 0.3) is 0 Å². The molecule has 0 bridgehead atoms. The van der Waals surface area contributed by atoms with Crippen LogP contribution in [-0.4, -0.2) is 10.8 Å². The molecule has 1 aromatic rings. The largest absolute Gasteiger partial charge is 0.294 e. The van der Waals surface area contributed by atoms with E-state index >= 15 is 0 Å². The first-order chi connectivity index (χ1) is 5.63. The van der Waals surface area contributed by atoms with Crippen LogP contribution in [0.2, 0.25) is 0 Å². The number of carbonyl (C=O) groups is 1. The molecule has 2 atom stereocenters. The van der Waals surface area contributed by atoms with Crippen LogP contribution in [-0.2, 0) is 0 Å². The van der Waals surface area contributed by atoms with E-state index in [0.29, 0.717) is 0 Å². The Bertz CT molecular complexity index is 296. The van der Waals surface area contributed by atoms with Gasteiger partial charge in [0.15, 0.2) is 5.78 Å². The lowest BCUT2D eigenvalue weighted by atomic mass is 10.1. The molecular weight excluding hydrogens is 169 g/mol. The number of pyridine rings is 1. The number of hydrogen-bond acceptors (Lipinski definition) is 2. The van der Waals surface area contributed by atoms with Crippen molar-refractivity contribution < 1.29 is 4.79 Å². The quantitative estimate of drug-likeness (QED) is 0.517. The summed E-state index contributed by atoms with van der Waals surface area (Å²) >= 11 is 0. The van der Waals surface area contributed by atoms with E-state index in [2.05, 4.69) is 14.2 Å². The van der Waals surface area contributed by atoms with Crippen LogP contribution >= 0.6 is 9.24 Å². The lowest BCUT2D eigenvalue weighted by Gasteiger charge is -2.07. The molecule has 1 heterocycles. The zero-order valence-corrected chi connectivity index (χ0v) is 8.40. The highest BCUT2D eigenvalue weighted by Crippen LogP contribution is 2.22. The molecule has 64 valence electrons. The Hall–Kier alpha value is -0.750. The van der Waals surface area contributed by atoms with Crippen LogP contribution in [0.1, 0.15) is 35.6 Å². The van der Waals surface area contributed by atoms with Gasteiger partial charge in [-0.15, -0.1) is 9.24 Å². The number of nitrogens with zero attached hydrogens (tertiary/aromatic N) is 1. The summed E-state index contributed by atoms with van der Waals surface area (Å²) in [5.41, 5.74) is 1.81. The van der Waals surface area contributed by atoms with Crippen LogP contribution in [0.4, 0.5) is 0 Å². The van der Waals surface area contributed by atoms with Gasteiger partial charge in [0.1, 0.15) is 0 Å². The minimum absolute atomic E-state index is 0.0763. The molecule has 0 saturated heterocycles. The third-order valence-electron chi connectivity index (χ3n) is 1.65. The minimum atomic E-state index is 0.0763. The van der Waals surface area contributed by atoms with Gasteiger partial charge < -0.3 is 0 Å². The Kier molecular flexibility index (Phi) is 2.93. The molecule has 0 aliphatic heterocycles. The van der Waals surface area contributed by atoms with Gasteiger partial charge in [-0.25, -0.2) is 0 Å². The molecule has 12 heavy (non-hydrogen) atoms. The van der Waals surface area contributed by atoms with E-state index in [9.17, 15) is 4.79 Å². The van der Waals surface area contributed by atoms with Crippen molar-refractivity contribution in [2.24, 2.45) is 0 Å². The van der Waals surface area contributed by atoms with Crippen LogP contribution in [0.3, 0.4) is 0 Å². The van der Waals surface area contributed by atoms with Crippen molar-refractivity contribution in [3.05, 3.63) is 29.6 Å². The van der Waals surface area contributed by atoms with Crippen LogP contribution in [0.5, 0.6) is 0 Å². The summed E-state index contributed by atoms with van der Waals surface area (Å²) in [6, 6.07) is 3.60. The molecule has 0 radical (unpaired) electrons. The van der Waals surface area contributed by atoms with Crippen LogP contribution < -0.4 is 0 Å². The zero-order chi connectivity index (χ0) is 9.14. The highest BCUT2D eigenvalue weighted by molar-refractivity contribution is 7.17. The van der Waals surface area contributed by atoms with Crippen molar-refractivity contribution in [3.8, 4) is 0 Å². The van der Waals surface area contributed by atoms with Crippen molar-refractivity contribution in [1.29, 1.82) is 0 Å². The number of Topliss-reactive ketones (excluding diaryl/α,β-unsaturated/α-hetero) is 1. The summed E-state index contributed by atoms with van der Waals surface area (Å²) in [5.74, 6) is 0.0763. The summed E-state index contributed by atoms with van der Waals surface area (Å²) in [5, 5.41) is 0. The number of ketones is 1. The van der Waals surface area contributed by atoms with Gasteiger partial charge >= 0.3 is 0 Å². The molecule has 0 aromatic carbocycles. The van der Waals surface area contributed by atoms with Gasteiger partial charge in [0.05, 0.1) is 5.69 Å². The van der Waals surface area contributed by atoms with Crippen molar-refractivity contribution in [1.82, 2.24) is 4.98 Å². The molecule has 0 amide bonds. The van der Waals surface area contributed by atoms with E-state index in [1.807, 2.05) is 13.0 Å². The topological polar surface area (TPSA) is 30.0 Å². The Balaban J connectivity index is 3.17. The number of rotatable bonds is 2.